The maximum atomic E-state index is 12.8. The fourth-order valence-electron chi connectivity index (χ4n) is 2.73. The van der Waals surface area contributed by atoms with Gasteiger partial charge in [-0.2, -0.15) is 13.2 Å². The average molecular weight is 295 g/mol. The smallest absolute Gasteiger partial charge is 0.317 e. The van der Waals surface area contributed by atoms with Crippen LogP contribution in [0.4, 0.5) is 13.2 Å². The molecule has 1 aromatic heterocycles. The lowest BCUT2D eigenvalue weighted by atomic mass is 10.1. The summed E-state index contributed by atoms with van der Waals surface area (Å²) in [7, 11) is 0. The highest BCUT2D eigenvalue weighted by molar-refractivity contribution is 5.80. The van der Waals surface area contributed by atoms with Crippen molar-refractivity contribution < 1.29 is 18.0 Å². The van der Waals surface area contributed by atoms with E-state index < -0.39 is 11.7 Å². The summed E-state index contributed by atoms with van der Waals surface area (Å²) in [5, 5.41) is 0. The molecule has 2 aromatic rings. The molecule has 5 heteroatoms. The number of alkyl halides is 3. The lowest BCUT2D eigenvalue weighted by molar-refractivity contribution is -0.137. The van der Waals surface area contributed by atoms with Crippen molar-refractivity contribution in [2.24, 2.45) is 0 Å². The van der Waals surface area contributed by atoms with Crippen molar-refractivity contribution in [3.8, 4) is 5.69 Å². The van der Waals surface area contributed by atoms with Crippen LogP contribution in [-0.2, 0) is 12.6 Å². The number of nitrogens with zero attached hydrogens (tertiary/aromatic N) is 1. The quantitative estimate of drug-likeness (QED) is 0.765. The first-order valence-corrected chi connectivity index (χ1v) is 6.64. The molecule has 0 amide bonds. The third kappa shape index (κ3) is 2.60. The van der Waals surface area contributed by atoms with E-state index >= 15 is 0 Å². The Hall–Kier alpha value is -2.04. The van der Waals surface area contributed by atoms with Crippen LogP contribution in [0.15, 0.2) is 24.3 Å². The molecular weight excluding hydrogens is 279 g/mol. The van der Waals surface area contributed by atoms with Gasteiger partial charge in [0.1, 0.15) is 0 Å². The van der Waals surface area contributed by atoms with Gasteiger partial charge in [0, 0.05) is 22.6 Å². The lowest BCUT2D eigenvalue weighted by Crippen LogP contribution is -2.07. The first-order valence-electron chi connectivity index (χ1n) is 6.64. The van der Waals surface area contributed by atoms with Gasteiger partial charge in [-0.05, 0) is 44.0 Å². The SMILES string of the molecule is CCc1c(C=O)c(C)n(-c2cccc(C(F)(F)F)c2)c1C. The van der Waals surface area contributed by atoms with Crippen LogP contribution in [0, 0.1) is 13.8 Å². The number of aromatic nitrogens is 1. The fourth-order valence-corrected chi connectivity index (χ4v) is 2.73. The molecule has 2 rings (SSSR count). The maximum Gasteiger partial charge on any atom is 0.416 e. The molecule has 0 aliphatic rings. The molecule has 0 aliphatic carbocycles. The number of aldehydes is 1. The zero-order chi connectivity index (χ0) is 15.8. The minimum atomic E-state index is -4.38. The second-order valence-corrected chi connectivity index (χ2v) is 4.92. The Labute approximate surface area is 121 Å². The van der Waals surface area contributed by atoms with Crippen molar-refractivity contribution >= 4 is 6.29 Å². The first-order chi connectivity index (χ1) is 9.81. The summed E-state index contributed by atoms with van der Waals surface area (Å²) in [6, 6.07) is 5.14. The Bertz CT molecular complexity index is 684. The highest BCUT2D eigenvalue weighted by atomic mass is 19.4. The van der Waals surface area contributed by atoms with Gasteiger partial charge in [0.15, 0.2) is 6.29 Å². The first kappa shape index (κ1) is 15.4. The van der Waals surface area contributed by atoms with E-state index in [1.807, 2.05) is 13.8 Å². The standard InChI is InChI=1S/C16H16F3NO/c1-4-14-10(2)20(11(3)15(14)9-21)13-7-5-6-12(8-13)16(17,18)19/h5-9H,4H2,1-3H3. The minimum absolute atomic E-state index is 0.419. The van der Waals surface area contributed by atoms with Gasteiger partial charge in [-0.1, -0.05) is 13.0 Å². The summed E-state index contributed by atoms with van der Waals surface area (Å²) < 4.78 is 40.2. The molecule has 0 unspecified atom stereocenters. The van der Waals surface area contributed by atoms with Gasteiger partial charge < -0.3 is 4.57 Å². The molecule has 0 saturated heterocycles. The highest BCUT2D eigenvalue weighted by Gasteiger charge is 2.30. The molecule has 2 nitrogen and oxygen atoms in total. The van der Waals surface area contributed by atoms with E-state index in [4.69, 9.17) is 0 Å². The van der Waals surface area contributed by atoms with E-state index in [-0.39, 0.29) is 0 Å². The zero-order valence-corrected chi connectivity index (χ0v) is 12.1. The molecule has 0 radical (unpaired) electrons. The Morgan fingerprint density at radius 3 is 2.33 bits per heavy atom. The lowest BCUT2D eigenvalue weighted by Gasteiger charge is -2.13. The van der Waals surface area contributed by atoms with Gasteiger partial charge in [0.05, 0.1) is 5.56 Å². The molecule has 0 N–H and O–H groups in total. The number of benzene rings is 1. The van der Waals surface area contributed by atoms with Crippen LogP contribution in [0.25, 0.3) is 5.69 Å². The summed E-state index contributed by atoms with van der Waals surface area (Å²) in [6.45, 7) is 5.49. The third-order valence-electron chi connectivity index (χ3n) is 3.73. The topological polar surface area (TPSA) is 22.0 Å². The predicted octanol–water partition coefficient (Wildman–Crippen LogP) is 4.49. The van der Waals surface area contributed by atoms with Crippen LogP contribution in [0.2, 0.25) is 0 Å². The van der Waals surface area contributed by atoms with Gasteiger partial charge in [0.25, 0.3) is 0 Å². The van der Waals surface area contributed by atoms with Crippen molar-refractivity contribution in [2.75, 3.05) is 0 Å². The van der Waals surface area contributed by atoms with Crippen LogP contribution in [0.1, 0.15) is 39.8 Å². The molecule has 1 aromatic carbocycles. The normalized spacial score (nSPS) is 11.7. The van der Waals surface area contributed by atoms with Crippen LogP contribution >= 0.6 is 0 Å². The fraction of sp³-hybridized carbons (Fsp3) is 0.312. The molecule has 0 fully saturated rings. The van der Waals surface area contributed by atoms with E-state index in [9.17, 15) is 18.0 Å². The number of carbonyl (C=O) groups excluding carboxylic acids is 1. The van der Waals surface area contributed by atoms with Crippen LogP contribution < -0.4 is 0 Å². The maximum absolute atomic E-state index is 12.8. The minimum Gasteiger partial charge on any atom is -0.317 e. The molecule has 21 heavy (non-hydrogen) atoms. The Kier molecular flexibility index (Phi) is 3.94. The van der Waals surface area contributed by atoms with E-state index in [1.165, 1.54) is 6.07 Å². The molecular formula is C16H16F3NO. The summed E-state index contributed by atoms with van der Waals surface area (Å²) in [6.07, 6.45) is -2.95. The highest BCUT2D eigenvalue weighted by Crippen LogP contribution is 2.32. The molecule has 0 bridgehead atoms. The molecule has 1 heterocycles. The van der Waals surface area contributed by atoms with Gasteiger partial charge in [0.2, 0.25) is 0 Å². The zero-order valence-electron chi connectivity index (χ0n) is 12.1. The van der Waals surface area contributed by atoms with Crippen molar-refractivity contribution in [3.63, 3.8) is 0 Å². The van der Waals surface area contributed by atoms with Gasteiger partial charge in [-0.25, -0.2) is 0 Å². The predicted molar refractivity (Wildman–Crippen MR) is 75.0 cm³/mol. The van der Waals surface area contributed by atoms with Crippen molar-refractivity contribution in [3.05, 3.63) is 52.3 Å². The molecule has 0 atom stereocenters. The molecule has 112 valence electrons. The summed E-state index contributed by atoms with van der Waals surface area (Å²) >= 11 is 0. The average Bonchev–Trinajstić information content (AvgIpc) is 2.68. The summed E-state index contributed by atoms with van der Waals surface area (Å²) in [5.74, 6) is 0. The number of carbonyl (C=O) groups is 1. The number of hydrogen-bond acceptors (Lipinski definition) is 1. The Morgan fingerprint density at radius 2 is 1.86 bits per heavy atom. The van der Waals surface area contributed by atoms with E-state index in [0.29, 0.717) is 23.4 Å². The van der Waals surface area contributed by atoms with Crippen molar-refractivity contribution in [1.82, 2.24) is 4.57 Å². The van der Waals surface area contributed by atoms with Gasteiger partial charge >= 0.3 is 6.18 Å². The van der Waals surface area contributed by atoms with Crippen LogP contribution in [0.5, 0.6) is 0 Å². The largest absolute Gasteiger partial charge is 0.416 e. The van der Waals surface area contributed by atoms with Crippen LogP contribution in [-0.4, -0.2) is 10.9 Å². The molecule has 0 spiro atoms. The molecule has 0 aliphatic heterocycles. The van der Waals surface area contributed by atoms with Crippen molar-refractivity contribution in [2.45, 2.75) is 33.4 Å². The second kappa shape index (κ2) is 5.39. The monoisotopic (exact) mass is 295 g/mol. The Morgan fingerprint density at radius 1 is 1.19 bits per heavy atom. The number of halogens is 3. The Balaban J connectivity index is 2.68. The van der Waals surface area contributed by atoms with Crippen LogP contribution in [0.3, 0.4) is 0 Å². The number of rotatable bonds is 3. The number of hydrogen-bond donors (Lipinski definition) is 0. The van der Waals surface area contributed by atoms with E-state index in [1.54, 1.807) is 17.6 Å². The molecule has 0 saturated carbocycles. The van der Waals surface area contributed by atoms with E-state index in [2.05, 4.69) is 0 Å². The van der Waals surface area contributed by atoms with Crippen molar-refractivity contribution in [1.29, 1.82) is 0 Å². The summed E-state index contributed by atoms with van der Waals surface area (Å²) in [5.41, 5.74) is 2.63. The second-order valence-electron chi connectivity index (χ2n) is 4.92. The van der Waals surface area contributed by atoms with Gasteiger partial charge in [-0.15, -0.1) is 0 Å². The third-order valence-corrected chi connectivity index (χ3v) is 3.73. The summed E-state index contributed by atoms with van der Waals surface area (Å²) in [4.78, 5) is 11.2. The van der Waals surface area contributed by atoms with E-state index in [0.717, 1.165) is 29.7 Å². The van der Waals surface area contributed by atoms with Gasteiger partial charge in [-0.3, -0.25) is 4.79 Å².